The summed E-state index contributed by atoms with van der Waals surface area (Å²) in [7, 11) is 0. The summed E-state index contributed by atoms with van der Waals surface area (Å²) in [6.07, 6.45) is 0. The molecule has 0 fully saturated rings. The highest BCUT2D eigenvalue weighted by Gasteiger charge is 2.20. The van der Waals surface area contributed by atoms with E-state index in [1.165, 1.54) is 165 Å². The van der Waals surface area contributed by atoms with Gasteiger partial charge < -0.3 is 18.3 Å². The summed E-state index contributed by atoms with van der Waals surface area (Å²) in [5.41, 5.74) is 24.2. The zero-order valence-electron chi connectivity index (χ0n) is 52.4. The SMILES string of the molecule is c1ccc(-n2c3ccccc3c3cc(-c4ccc5c(c4)c4ccccc4n5-c4ccc(-c5ccc6ccccc6c5)cc4)ccc32)cc1.c1ccc(-n2c3ccccc3c3cc(-c4ccc5c(c4)c4ccccc4n5-c4ccc(-c5cccc6ccccc56)cc4)ccc32)cc1. The molecule has 0 aliphatic carbocycles. The molecule has 448 valence electrons. The Balaban J connectivity index is 0.000000135. The van der Waals surface area contributed by atoms with E-state index in [2.05, 4.69) is 382 Å². The van der Waals surface area contributed by atoms with Gasteiger partial charge in [-0.25, -0.2) is 0 Å². The lowest BCUT2D eigenvalue weighted by Gasteiger charge is -2.11. The molecule has 4 nitrogen and oxygen atoms in total. The zero-order valence-corrected chi connectivity index (χ0v) is 52.4. The summed E-state index contributed by atoms with van der Waals surface area (Å²) in [5, 5.41) is 15.2. The Morgan fingerprint density at radius 2 is 0.417 bits per heavy atom. The Bertz CT molecular complexity index is 6410. The monoisotopic (exact) mass is 1220 g/mol. The second-order valence-electron chi connectivity index (χ2n) is 25.2. The number of rotatable bonds is 8. The number of nitrogens with zero attached hydrogens (tertiary/aromatic N) is 4. The van der Waals surface area contributed by atoms with Crippen molar-refractivity contribution in [3.63, 3.8) is 0 Å². The molecule has 4 aromatic heterocycles. The number of hydrogen-bond donors (Lipinski definition) is 0. The van der Waals surface area contributed by atoms with Gasteiger partial charge in [0.25, 0.3) is 0 Å². The quantitative estimate of drug-likeness (QED) is 0.144. The average Bonchev–Trinajstić information content (AvgIpc) is 1.65. The lowest BCUT2D eigenvalue weighted by molar-refractivity contribution is 1.18. The van der Waals surface area contributed by atoms with Crippen molar-refractivity contribution in [1.82, 2.24) is 18.3 Å². The number of para-hydroxylation sites is 6. The van der Waals surface area contributed by atoms with Crippen LogP contribution in [0, 0.1) is 0 Å². The standard InChI is InChI=1S/2C46H30N2/c1-2-13-35(14-3-1)47-43-19-8-6-16-39(43)41-29-33(23-27-45(41)47)34-24-28-46-42(30-34)40-17-7-9-20-44(40)48(46)36-25-21-32(22-26-36)38-18-10-12-31-11-4-5-15-37(31)38;1-2-12-37(13-3-1)47-43-16-8-6-14-39(43)41-29-35(22-26-45(41)47)36-23-27-46-42(30-36)40-15-7-9-17-44(40)48(46)38-24-20-32(21-25-38)34-19-18-31-10-4-5-11-33(31)28-34/h2*1-30H. The van der Waals surface area contributed by atoms with E-state index in [-0.39, 0.29) is 0 Å². The summed E-state index contributed by atoms with van der Waals surface area (Å²) in [4.78, 5) is 0. The van der Waals surface area contributed by atoms with Crippen LogP contribution >= 0.6 is 0 Å². The van der Waals surface area contributed by atoms with Crippen LogP contribution in [0.3, 0.4) is 0 Å². The summed E-state index contributed by atoms with van der Waals surface area (Å²) in [6.45, 7) is 0. The highest BCUT2D eigenvalue weighted by atomic mass is 15.0. The fraction of sp³-hybridized carbons (Fsp3) is 0. The van der Waals surface area contributed by atoms with Crippen molar-refractivity contribution < 1.29 is 0 Å². The zero-order chi connectivity index (χ0) is 63.2. The van der Waals surface area contributed by atoms with Crippen LogP contribution in [0.15, 0.2) is 364 Å². The topological polar surface area (TPSA) is 19.7 Å². The third-order valence-electron chi connectivity index (χ3n) is 19.8. The molecule has 0 unspecified atom stereocenters. The fourth-order valence-corrected chi connectivity index (χ4v) is 15.3. The Morgan fingerprint density at radius 1 is 0.135 bits per heavy atom. The normalized spacial score (nSPS) is 11.8. The largest absolute Gasteiger partial charge is 0.309 e. The van der Waals surface area contributed by atoms with Crippen molar-refractivity contribution in [3.8, 4) is 67.3 Å². The molecule has 0 atom stereocenters. The lowest BCUT2D eigenvalue weighted by Crippen LogP contribution is -1.94. The van der Waals surface area contributed by atoms with Crippen molar-refractivity contribution in [3.05, 3.63) is 364 Å². The summed E-state index contributed by atoms with van der Waals surface area (Å²) >= 11 is 0. The minimum atomic E-state index is 1.16. The number of aromatic nitrogens is 4. The van der Waals surface area contributed by atoms with Crippen LogP contribution < -0.4 is 0 Å². The molecular formula is C92H60N4. The molecule has 0 bridgehead atoms. The van der Waals surface area contributed by atoms with Gasteiger partial charge in [-0.2, -0.15) is 0 Å². The first-order valence-electron chi connectivity index (χ1n) is 33.0. The molecule has 0 radical (unpaired) electrons. The third-order valence-corrected chi connectivity index (χ3v) is 19.8. The van der Waals surface area contributed by atoms with Gasteiger partial charge in [-0.05, 0) is 193 Å². The lowest BCUT2D eigenvalue weighted by atomic mass is 9.98. The predicted octanol–water partition coefficient (Wildman–Crippen LogP) is 24.7. The van der Waals surface area contributed by atoms with Gasteiger partial charge in [-0.15, -0.1) is 0 Å². The Kier molecular flexibility index (Phi) is 12.9. The molecule has 16 aromatic carbocycles. The first kappa shape index (κ1) is 54.9. The smallest absolute Gasteiger partial charge is 0.0541 e. The van der Waals surface area contributed by atoms with Crippen molar-refractivity contribution in [1.29, 1.82) is 0 Å². The van der Waals surface area contributed by atoms with E-state index in [0.717, 1.165) is 11.4 Å². The van der Waals surface area contributed by atoms with Gasteiger partial charge >= 0.3 is 0 Å². The third kappa shape index (κ3) is 9.06. The fourth-order valence-electron chi connectivity index (χ4n) is 15.3. The molecule has 0 spiro atoms. The summed E-state index contributed by atoms with van der Waals surface area (Å²) in [5.74, 6) is 0. The Hall–Kier alpha value is -12.8. The maximum Gasteiger partial charge on any atom is 0.0541 e. The van der Waals surface area contributed by atoms with Gasteiger partial charge in [-0.1, -0.05) is 237 Å². The molecule has 96 heavy (non-hydrogen) atoms. The highest BCUT2D eigenvalue weighted by Crippen LogP contribution is 2.42. The van der Waals surface area contributed by atoms with Crippen LogP contribution in [0.5, 0.6) is 0 Å². The molecule has 0 N–H and O–H groups in total. The molecule has 0 aliphatic rings. The maximum atomic E-state index is 2.40. The van der Waals surface area contributed by atoms with Crippen LogP contribution in [-0.2, 0) is 0 Å². The number of fused-ring (bicyclic) bond motifs is 14. The van der Waals surface area contributed by atoms with E-state index in [4.69, 9.17) is 0 Å². The second kappa shape index (κ2) is 22.5. The first-order chi connectivity index (χ1) is 47.6. The predicted molar refractivity (Wildman–Crippen MR) is 407 cm³/mol. The van der Waals surface area contributed by atoms with Gasteiger partial charge in [0.1, 0.15) is 0 Å². The van der Waals surface area contributed by atoms with Crippen LogP contribution in [-0.4, -0.2) is 18.3 Å². The van der Waals surface area contributed by atoms with Gasteiger partial charge in [0.2, 0.25) is 0 Å². The van der Waals surface area contributed by atoms with Gasteiger partial charge in [0.05, 0.1) is 44.1 Å². The first-order valence-corrected chi connectivity index (χ1v) is 33.0. The van der Waals surface area contributed by atoms with Gasteiger partial charge in [0, 0.05) is 65.8 Å². The van der Waals surface area contributed by atoms with Gasteiger partial charge in [0.15, 0.2) is 0 Å². The molecule has 0 saturated carbocycles. The molecule has 20 rings (SSSR count). The maximum absolute atomic E-state index is 2.40. The van der Waals surface area contributed by atoms with Crippen molar-refractivity contribution >= 4 is 109 Å². The van der Waals surface area contributed by atoms with Crippen molar-refractivity contribution in [2.45, 2.75) is 0 Å². The Morgan fingerprint density at radius 3 is 0.833 bits per heavy atom. The van der Waals surface area contributed by atoms with Crippen LogP contribution in [0.25, 0.3) is 176 Å². The number of benzene rings is 16. The van der Waals surface area contributed by atoms with E-state index in [1.54, 1.807) is 0 Å². The van der Waals surface area contributed by atoms with Crippen molar-refractivity contribution in [2.24, 2.45) is 0 Å². The summed E-state index contributed by atoms with van der Waals surface area (Å²) < 4.78 is 9.54. The van der Waals surface area contributed by atoms with Crippen LogP contribution in [0.4, 0.5) is 0 Å². The minimum absolute atomic E-state index is 1.16. The van der Waals surface area contributed by atoms with E-state index in [1.807, 2.05) is 0 Å². The van der Waals surface area contributed by atoms with Crippen molar-refractivity contribution in [2.75, 3.05) is 0 Å². The summed E-state index contributed by atoms with van der Waals surface area (Å²) in [6, 6.07) is 132. The molecule has 20 aromatic rings. The van der Waals surface area contributed by atoms with Gasteiger partial charge in [-0.3, -0.25) is 0 Å². The van der Waals surface area contributed by atoms with Crippen LogP contribution in [0.1, 0.15) is 0 Å². The Labute approximate surface area is 554 Å². The molecule has 4 heteroatoms. The molecule has 4 heterocycles. The van der Waals surface area contributed by atoms with E-state index in [9.17, 15) is 0 Å². The molecule has 0 amide bonds. The van der Waals surface area contributed by atoms with E-state index in [0.29, 0.717) is 0 Å². The van der Waals surface area contributed by atoms with E-state index < -0.39 is 0 Å². The van der Waals surface area contributed by atoms with Crippen LogP contribution in [0.2, 0.25) is 0 Å². The molecular weight excluding hydrogens is 1160 g/mol. The molecule has 0 aliphatic heterocycles. The second-order valence-corrected chi connectivity index (χ2v) is 25.2. The minimum Gasteiger partial charge on any atom is -0.309 e. The highest BCUT2D eigenvalue weighted by molar-refractivity contribution is 6.15. The average molecular weight is 1220 g/mol. The number of hydrogen-bond acceptors (Lipinski definition) is 0. The van der Waals surface area contributed by atoms with E-state index >= 15 is 0 Å². The molecule has 0 saturated heterocycles.